The summed E-state index contributed by atoms with van der Waals surface area (Å²) in [5, 5.41) is 17.0. The molecule has 28 heavy (non-hydrogen) atoms. The van der Waals surface area contributed by atoms with Crippen molar-refractivity contribution in [2.45, 2.75) is 12.3 Å². The minimum atomic E-state index is -0.212. The number of hydrogen-bond acceptors (Lipinski definition) is 7. The molecule has 3 N–H and O–H groups in total. The number of aromatic hydroxyl groups is 1. The van der Waals surface area contributed by atoms with Crippen LogP contribution in [-0.4, -0.2) is 30.2 Å². The second-order valence-electron chi connectivity index (χ2n) is 6.30. The Hall–Kier alpha value is -3.26. The lowest BCUT2D eigenvalue weighted by Gasteiger charge is -2.22. The van der Waals surface area contributed by atoms with Crippen LogP contribution in [0.15, 0.2) is 42.5 Å². The Labute approximate surface area is 166 Å². The average Bonchev–Trinajstić information content (AvgIpc) is 3.10. The van der Waals surface area contributed by atoms with Crippen LogP contribution < -0.4 is 20.1 Å². The zero-order chi connectivity index (χ0) is 19.7. The number of fused-ring (bicyclic) bond motifs is 1. The Bertz CT molecular complexity index is 995. The van der Waals surface area contributed by atoms with Gasteiger partial charge in [-0.2, -0.15) is 0 Å². The summed E-state index contributed by atoms with van der Waals surface area (Å²) in [6, 6.07) is 13.2. The number of amides is 1. The lowest BCUT2D eigenvalue weighted by molar-refractivity contribution is -0.116. The predicted octanol–water partition coefficient (Wildman–Crippen LogP) is 4.08. The van der Waals surface area contributed by atoms with Gasteiger partial charge in [-0.05, 0) is 29.8 Å². The minimum absolute atomic E-state index is 0.0648. The summed E-state index contributed by atoms with van der Waals surface area (Å²) in [4.78, 5) is 17.8. The van der Waals surface area contributed by atoms with Crippen LogP contribution in [-0.2, 0) is 4.79 Å². The van der Waals surface area contributed by atoms with E-state index in [1.807, 2.05) is 30.3 Å². The van der Waals surface area contributed by atoms with Gasteiger partial charge in [0.2, 0.25) is 11.7 Å². The fourth-order valence-electron chi connectivity index (χ4n) is 3.20. The first-order valence-corrected chi connectivity index (χ1v) is 9.48. The van der Waals surface area contributed by atoms with E-state index in [-0.39, 0.29) is 24.0 Å². The number of benzene rings is 2. The van der Waals surface area contributed by atoms with E-state index in [1.165, 1.54) is 25.6 Å². The van der Waals surface area contributed by atoms with Crippen LogP contribution in [0.1, 0.15) is 22.8 Å². The third-order valence-electron chi connectivity index (χ3n) is 4.55. The first-order chi connectivity index (χ1) is 13.6. The normalized spacial score (nSPS) is 15.5. The molecule has 1 aromatic heterocycles. The molecule has 0 spiro atoms. The average molecular weight is 397 g/mol. The highest BCUT2D eigenvalue weighted by Gasteiger charge is 2.31. The van der Waals surface area contributed by atoms with Gasteiger partial charge in [0.25, 0.3) is 0 Å². The van der Waals surface area contributed by atoms with Crippen LogP contribution in [0.25, 0.3) is 0 Å². The van der Waals surface area contributed by atoms with Crippen molar-refractivity contribution in [1.82, 2.24) is 4.98 Å². The number of methoxy groups -OCH3 is 2. The van der Waals surface area contributed by atoms with Crippen molar-refractivity contribution in [3.05, 3.63) is 52.9 Å². The number of carbonyl (C=O) groups is 1. The number of ether oxygens (including phenoxy) is 2. The standard InChI is InChI=1S/C20H19N3O4S/c1-26-14-8-11(9-15(27-2)17(14)25)13-10-16(24)22-19-18(13)28-20(23-19)21-12-6-4-3-5-7-12/h3-9,13,25H,10H2,1-2H3,(H,21,23)(H,22,24). The van der Waals surface area contributed by atoms with Gasteiger partial charge >= 0.3 is 0 Å². The van der Waals surface area contributed by atoms with E-state index in [4.69, 9.17) is 9.47 Å². The molecule has 2 heterocycles. The molecule has 1 amide bonds. The smallest absolute Gasteiger partial charge is 0.226 e. The Morgan fingerprint density at radius 3 is 2.50 bits per heavy atom. The molecule has 0 saturated heterocycles. The summed E-state index contributed by atoms with van der Waals surface area (Å²) in [6.45, 7) is 0. The number of hydrogen-bond donors (Lipinski definition) is 3. The molecule has 1 aliphatic rings. The number of phenolic OH excluding ortho intramolecular Hbond substituents is 1. The van der Waals surface area contributed by atoms with Gasteiger partial charge in [0.1, 0.15) is 5.82 Å². The number of carbonyl (C=O) groups excluding carboxylic acids is 1. The van der Waals surface area contributed by atoms with Crippen molar-refractivity contribution in [2.75, 3.05) is 24.9 Å². The summed E-state index contributed by atoms with van der Waals surface area (Å²) in [5.41, 5.74) is 1.74. The number of nitrogens with one attached hydrogen (secondary N) is 2. The molecule has 4 rings (SSSR count). The van der Waals surface area contributed by atoms with E-state index in [2.05, 4.69) is 15.6 Å². The largest absolute Gasteiger partial charge is 0.502 e. The molecule has 0 aliphatic carbocycles. The molecule has 1 aliphatic heterocycles. The predicted molar refractivity (Wildman–Crippen MR) is 108 cm³/mol. The van der Waals surface area contributed by atoms with Crippen molar-refractivity contribution >= 4 is 33.9 Å². The molecule has 0 bridgehead atoms. The fourth-order valence-corrected chi connectivity index (χ4v) is 4.27. The van der Waals surface area contributed by atoms with E-state index in [1.54, 1.807) is 12.1 Å². The highest BCUT2D eigenvalue weighted by molar-refractivity contribution is 7.16. The Balaban J connectivity index is 1.74. The number of nitrogens with zero attached hydrogens (tertiary/aromatic N) is 1. The number of anilines is 3. The molecule has 8 heteroatoms. The van der Waals surface area contributed by atoms with Crippen molar-refractivity contribution in [3.63, 3.8) is 0 Å². The second-order valence-corrected chi connectivity index (χ2v) is 7.33. The Morgan fingerprint density at radius 1 is 1.18 bits per heavy atom. The lowest BCUT2D eigenvalue weighted by atomic mass is 9.91. The first-order valence-electron chi connectivity index (χ1n) is 8.66. The van der Waals surface area contributed by atoms with Gasteiger partial charge in [-0.1, -0.05) is 29.5 Å². The van der Waals surface area contributed by atoms with Crippen molar-refractivity contribution < 1.29 is 19.4 Å². The molecule has 1 unspecified atom stereocenters. The van der Waals surface area contributed by atoms with E-state index < -0.39 is 0 Å². The quantitative estimate of drug-likeness (QED) is 0.601. The highest BCUT2D eigenvalue weighted by atomic mass is 32.1. The molecule has 0 radical (unpaired) electrons. The maximum absolute atomic E-state index is 12.3. The van der Waals surface area contributed by atoms with Crippen LogP contribution in [0.4, 0.5) is 16.6 Å². The van der Waals surface area contributed by atoms with Gasteiger partial charge in [0.15, 0.2) is 16.6 Å². The van der Waals surface area contributed by atoms with Gasteiger partial charge in [0, 0.05) is 18.0 Å². The molecule has 0 saturated carbocycles. The van der Waals surface area contributed by atoms with Crippen LogP contribution in [0.2, 0.25) is 0 Å². The van der Waals surface area contributed by atoms with Gasteiger partial charge in [0.05, 0.1) is 19.1 Å². The SMILES string of the molecule is COc1cc(C2CC(=O)Nc3nc(Nc4ccccc4)sc32)cc(OC)c1O. The molecular weight excluding hydrogens is 378 g/mol. The summed E-state index contributed by atoms with van der Waals surface area (Å²) in [6.07, 6.45) is 0.275. The number of thiazole rings is 1. The fraction of sp³-hybridized carbons (Fsp3) is 0.200. The van der Waals surface area contributed by atoms with Crippen LogP contribution in [0, 0.1) is 0 Å². The molecular formula is C20H19N3O4S. The number of aromatic nitrogens is 1. The number of phenols is 1. The Morgan fingerprint density at radius 2 is 1.86 bits per heavy atom. The van der Waals surface area contributed by atoms with E-state index in [0.29, 0.717) is 22.4 Å². The van der Waals surface area contributed by atoms with E-state index >= 15 is 0 Å². The van der Waals surface area contributed by atoms with E-state index in [9.17, 15) is 9.90 Å². The molecule has 7 nitrogen and oxygen atoms in total. The summed E-state index contributed by atoms with van der Waals surface area (Å²) < 4.78 is 10.5. The zero-order valence-electron chi connectivity index (χ0n) is 15.4. The van der Waals surface area contributed by atoms with Gasteiger partial charge in [-0.25, -0.2) is 4.98 Å². The molecule has 1 atom stereocenters. The summed E-state index contributed by atoms with van der Waals surface area (Å²) >= 11 is 1.49. The number of para-hydroxylation sites is 1. The highest BCUT2D eigenvalue weighted by Crippen LogP contribution is 2.46. The van der Waals surface area contributed by atoms with E-state index in [0.717, 1.165) is 16.1 Å². The second kappa shape index (κ2) is 7.40. The lowest BCUT2D eigenvalue weighted by Crippen LogP contribution is -2.22. The van der Waals surface area contributed by atoms with Crippen LogP contribution in [0.5, 0.6) is 17.2 Å². The third kappa shape index (κ3) is 3.34. The van der Waals surface area contributed by atoms with Gasteiger partial charge in [-0.15, -0.1) is 0 Å². The van der Waals surface area contributed by atoms with Gasteiger partial charge < -0.3 is 25.2 Å². The number of rotatable bonds is 5. The van der Waals surface area contributed by atoms with Gasteiger partial charge in [-0.3, -0.25) is 4.79 Å². The topological polar surface area (TPSA) is 92.7 Å². The first kappa shape index (κ1) is 18.1. The zero-order valence-corrected chi connectivity index (χ0v) is 16.2. The van der Waals surface area contributed by atoms with Crippen molar-refractivity contribution in [1.29, 1.82) is 0 Å². The maximum atomic E-state index is 12.3. The summed E-state index contributed by atoms with van der Waals surface area (Å²) in [5.74, 6) is 0.764. The molecule has 3 aromatic rings. The van der Waals surface area contributed by atoms with Crippen molar-refractivity contribution in [2.24, 2.45) is 0 Å². The molecule has 0 fully saturated rings. The van der Waals surface area contributed by atoms with Crippen LogP contribution in [0.3, 0.4) is 0 Å². The summed E-state index contributed by atoms with van der Waals surface area (Å²) in [7, 11) is 2.96. The maximum Gasteiger partial charge on any atom is 0.226 e. The minimum Gasteiger partial charge on any atom is -0.502 e. The monoisotopic (exact) mass is 397 g/mol. The molecule has 144 valence electrons. The van der Waals surface area contributed by atoms with Crippen molar-refractivity contribution in [3.8, 4) is 17.2 Å². The third-order valence-corrected chi connectivity index (χ3v) is 5.63. The Kier molecular flexibility index (Phi) is 4.79. The van der Waals surface area contributed by atoms with Crippen LogP contribution >= 0.6 is 11.3 Å². The molecule has 2 aromatic carbocycles.